The molecule has 29 heavy (non-hydrogen) atoms. The van der Waals surface area contributed by atoms with Crippen LogP contribution in [0.2, 0.25) is 0 Å². The average Bonchev–Trinajstić information content (AvgIpc) is 3.12. The van der Waals surface area contributed by atoms with Crippen LogP contribution in [0.25, 0.3) is 0 Å². The molecule has 1 saturated heterocycles. The van der Waals surface area contributed by atoms with Crippen molar-refractivity contribution in [3.05, 3.63) is 52.7 Å². The van der Waals surface area contributed by atoms with Gasteiger partial charge in [-0.25, -0.2) is 4.39 Å². The van der Waals surface area contributed by atoms with Crippen LogP contribution in [0.1, 0.15) is 54.6 Å². The van der Waals surface area contributed by atoms with Crippen molar-refractivity contribution in [3.8, 4) is 0 Å². The number of carbonyl (C=O) groups excluding carboxylic acids is 1. The highest BCUT2D eigenvalue weighted by Crippen LogP contribution is 2.38. The van der Waals surface area contributed by atoms with E-state index in [0.717, 1.165) is 55.8 Å². The smallest absolute Gasteiger partial charge is 0.276 e. The number of aromatic nitrogens is 1. The highest BCUT2D eigenvalue weighted by atomic mass is 19.1. The fraction of sp³-hybridized carbons (Fsp3) is 0.565. The second-order valence-electron chi connectivity index (χ2n) is 9.43. The van der Waals surface area contributed by atoms with E-state index in [1.54, 1.807) is 0 Å². The highest BCUT2D eigenvalue weighted by molar-refractivity contribution is 5.94. The second-order valence-corrected chi connectivity index (χ2v) is 9.43. The number of rotatable bonds is 3. The van der Waals surface area contributed by atoms with Gasteiger partial charge in [0.15, 0.2) is 5.69 Å². The molecule has 1 aromatic carbocycles. The van der Waals surface area contributed by atoms with Crippen molar-refractivity contribution < 1.29 is 13.7 Å². The molecule has 156 valence electrons. The third-order valence-electron chi connectivity index (χ3n) is 6.45. The van der Waals surface area contributed by atoms with Crippen LogP contribution in [0.15, 0.2) is 28.8 Å². The predicted octanol–water partition coefficient (Wildman–Crippen LogP) is 3.92. The van der Waals surface area contributed by atoms with Crippen molar-refractivity contribution in [3.63, 3.8) is 0 Å². The van der Waals surface area contributed by atoms with E-state index in [1.165, 1.54) is 12.1 Å². The number of aryl methyl sites for hydroxylation is 1. The van der Waals surface area contributed by atoms with Crippen molar-refractivity contribution in [1.29, 1.82) is 0 Å². The van der Waals surface area contributed by atoms with Crippen molar-refractivity contribution in [2.24, 2.45) is 11.3 Å². The molecular formula is C23H30FN3O2. The molecule has 2 aromatic rings. The number of hydrogen-bond acceptors (Lipinski definition) is 4. The summed E-state index contributed by atoms with van der Waals surface area (Å²) in [5, 5.41) is 4.17. The highest BCUT2D eigenvalue weighted by Gasteiger charge is 2.35. The Hall–Kier alpha value is -2.21. The summed E-state index contributed by atoms with van der Waals surface area (Å²) in [6.07, 6.45) is 2.82. The van der Waals surface area contributed by atoms with Gasteiger partial charge in [-0.3, -0.25) is 9.69 Å². The van der Waals surface area contributed by atoms with E-state index in [-0.39, 0.29) is 17.1 Å². The van der Waals surface area contributed by atoms with E-state index in [9.17, 15) is 9.18 Å². The molecule has 1 atom stereocenters. The molecule has 6 heteroatoms. The molecule has 4 rings (SSSR count). The number of hydrogen-bond donors (Lipinski definition) is 0. The van der Waals surface area contributed by atoms with Crippen LogP contribution >= 0.6 is 0 Å². The fourth-order valence-electron chi connectivity index (χ4n) is 4.42. The summed E-state index contributed by atoms with van der Waals surface area (Å²) in [6.45, 7) is 10.5. The van der Waals surface area contributed by atoms with Crippen LogP contribution in [0, 0.1) is 17.2 Å². The first kappa shape index (κ1) is 20.1. The van der Waals surface area contributed by atoms with Crippen molar-refractivity contribution in [1.82, 2.24) is 15.0 Å². The zero-order valence-corrected chi connectivity index (χ0v) is 17.6. The Morgan fingerprint density at radius 3 is 2.52 bits per heavy atom. The first-order chi connectivity index (χ1) is 13.8. The molecule has 1 aliphatic heterocycles. The molecule has 0 spiro atoms. The molecule has 1 aromatic heterocycles. The average molecular weight is 400 g/mol. The van der Waals surface area contributed by atoms with Gasteiger partial charge in [0.05, 0.1) is 0 Å². The number of piperazine rings is 1. The fourth-order valence-corrected chi connectivity index (χ4v) is 4.42. The Morgan fingerprint density at radius 2 is 1.86 bits per heavy atom. The van der Waals surface area contributed by atoms with E-state index < -0.39 is 0 Å². The van der Waals surface area contributed by atoms with Gasteiger partial charge >= 0.3 is 0 Å². The van der Waals surface area contributed by atoms with Gasteiger partial charge in [0.2, 0.25) is 0 Å². The van der Waals surface area contributed by atoms with Crippen LogP contribution in [0.5, 0.6) is 0 Å². The minimum atomic E-state index is -0.214. The number of halogens is 1. The minimum absolute atomic E-state index is 0.00834. The third kappa shape index (κ3) is 4.37. The molecule has 5 nitrogen and oxygen atoms in total. The maximum absolute atomic E-state index is 13.1. The lowest BCUT2D eigenvalue weighted by Crippen LogP contribution is -2.48. The zero-order valence-electron chi connectivity index (χ0n) is 17.6. The van der Waals surface area contributed by atoms with Gasteiger partial charge in [0, 0.05) is 44.7 Å². The van der Waals surface area contributed by atoms with Gasteiger partial charge in [-0.15, -0.1) is 0 Å². The van der Waals surface area contributed by atoms with Gasteiger partial charge in [-0.1, -0.05) is 38.1 Å². The Balaban J connectivity index is 1.38. The maximum Gasteiger partial charge on any atom is 0.276 e. The van der Waals surface area contributed by atoms with E-state index in [0.29, 0.717) is 24.7 Å². The van der Waals surface area contributed by atoms with Crippen LogP contribution in [-0.2, 0) is 19.4 Å². The van der Waals surface area contributed by atoms with Crippen molar-refractivity contribution >= 4 is 5.91 Å². The van der Waals surface area contributed by atoms with Gasteiger partial charge in [0.1, 0.15) is 11.6 Å². The number of amides is 1. The molecule has 2 heterocycles. The zero-order chi connectivity index (χ0) is 20.6. The monoisotopic (exact) mass is 399 g/mol. The summed E-state index contributed by atoms with van der Waals surface area (Å²) in [5.41, 5.74) is 2.84. The predicted molar refractivity (Wildman–Crippen MR) is 109 cm³/mol. The summed E-state index contributed by atoms with van der Waals surface area (Å²) in [6, 6.07) is 6.63. The number of fused-ring (bicyclic) bond motifs is 1. The Kier molecular flexibility index (Phi) is 5.47. The topological polar surface area (TPSA) is 49.6 Å². The van der Waals surface area contributed by atoms with Gasteiger partial charge in [-0.2, -0.15) is 0 Å². The summed E-state index contributed by atoms with van der Waals surface area (Å²) in [5.74, 6) is 1.21. The van der Waals surface area contributed by atoms with Crippen LogP contribution < -0.4 is 0 Å². The van der Waals surface area contributed by atoms with Gasteiger partial charge in [-0.05, 0) is 41.9 Å². The van der Waals surface area contributed by atoms with Crippen molar-refractivity contribution in [2.75, 3.05) is 26.2 Å². The summed E-state index contributed by atoms with van der Waals surface area (Å²) in [7, 11) is 0. The molecule has 2 aliphatic rings. The lowest BCUT2D eigenvalue weighted by Gasteiger charge is -2.35. The third-order valence-corrected chi connectivity index (χ3v) is 6.45. The van der Waals surface area contributed by atoms with Gasteiger partial charge in [0.25, 0.3) is 5.91 Å². The van der Waals surface area contributed by atoms with E-state index in [4.69, 9.17) is 4.52 Å². The van der Waals surface area contributed by atoms with Crippen LogP contribution in [0.4, 0.5) is 4.39 Å². The molecule has 0 bridgehead atoms. The van der Waals surface area contributed by atoms with Gasteiger partial charge < -0.3 is 9.42 Å². The molecule has 1 fully saturated rings. The lowest BCUT2D eigenvalue weighted by atomic mass is 9.71. The largest absolute Gasteiger partial charge is 0.360 e. The molecule has 0 saturated carbocycles. The number of benzene rings is 1. The lowest BCUT2D eigenvalue weighted by molar-refractivity contribution is 0.0617. The first-order valence-corrected chi connectivity index (χ1v) is 10.5. The Morgan fingerprint density at radius 1 is 1.17 bits per heavy atom. The van der Waals surface area contributed by atoms with Crippen LogP contribution in [-0.4, -0.2) is 47.0 Å². The second kappa shape index (κ2) is 7.90. The SMILES string of the molecule is CC(C)(C)C1CCc2onc(C(=O)N3CCN(Cc4ccc(F)cc4)CC3)c2C1. The molecule has 0 radical (unpaired) electrons. The van der Waals surface area contributed by atoms with Crippen molar-refractivity contribution in [2.45, 2.75) is 46.6 Å². The minimum Gasteiger partial charge on any atom is -0.360 e. The Bertz CT molecular complexity index is 861. The summed E-state index contributed by atoms with van der Waals surface area (Å²) < 4.78 is 18.6. The molecule has 1 unspecified atom stereocenters. The number of nitrogens with zero attached hydrogens (tertiary/aromatic N) is 3. The van der Waals surface area contributed by atoms with E-state index >= 15 is 0 Å². The standard InChI is InChI=1S/C23H30FN3O2/c1-23(2,3)17-6-9-20-19(14-17)21(25-29-20)22(28)27-12-10-26(11-13-27)15-16-4-7-18(24)8-5-16/h4-5,7-8,17H,6,9-15H2,1-3H3. The first-order valence-electron chi connectivity index (χ1n) is 10.5. The summed E-state index contributed by atoms with van der Waals surface area (Å²) >= 11 is 0. The van der Waals surface area contributed by atoms with Crippen LogP contribution in [0.3, 0.4) is 0 Å². The summed E-state index contributed by atoms with van der Waals surface area (Å²) in [4.78, 5) is 17.3. The normalized spacial score (nSPS) is 20.6. The quantitative estimate of drug-likeness (QED) is 0.785. The number of carbonyl (C=O) groups is 1. The van der Waals surface area contributed by atoms with E-state index in [1.807, 2.05) is 17.0 Å². The Labute approximate surface area is 171 Å². The molecule has 1 aliphatic carbocycles. The van der Waals surface area contributed by atoms with E-state index in [2.05, 4.69) is 30.8 Å². The maximum atomic E-state index is 13.1. The molecule has 0 N–H and O–H groups in total. The molecular weight excluding hydrogens is 369 g/mol. The molecule has 1 amide bonds.